The van der Waals surface area contributed by atoms with Gasteiger partial charge in [0.2, 0.25) is 0 Å². The van der Waals surface area contributed by atoms with Gasteiger partial charge < -0.3 is 5.11 Å². The molecule has 1 aliphatic heterocycles. The minimum atomic E-state index is -3.62. The third-order valence-corrected chi connectivity index (χ3v) is 4.64. The largest absolute Gasteiger partial charge is 0.478 e. The van der Waals surface area contributed by atoms with Gasteiger partial charge in [-0.1, -0.05) is 19.9 Å². The van der Waals surface area contributed by atoms with Crippen LogP contribution in [-0.2, 0) is 16.6 Å². The second-order valence-electron chi connectivity index (χ2n) is 5.22. The summed E-state index contributed by atoms with van der Waals surface area (Å²) in [4.78, 5) is 11.0. The van der Waals surface area contributed by atoms with Crippen molar-refractivity contribution in [2.45, 2.75) is 20.3 Å². The average Bonchev–Trinajstić information content (AvgIpc) is 2.79. The third-order valence-electron chi connectivity index (χ3n) is 3.15. The number of carboxylic acids is 1. The van der Waals surface area contributed by atoms with Crippen LogP contribution in [0.5, 0.6) is 0 Å². The number of fused-ring (bicyclic) bond motifs is 1. The predicted octanol–water partition coefficient (Wildman–Crippen LogP) is 1.24. The molecule has 0 aromatic heterocycles. The van der Waals surface area contributed by atoms with Crippen molar-refractivity contribution in [1.82, 2.24) is 4.72 Å². The molecule has 1 aromatic rings. The lowest BCUT2D eigenvalue weighted by Crippen LogP contribution is -2.41. The second kappa shape index (κ2) is 5.41. The minimum absolute atomic E-state index is 0.0923. The molecule has 20 heavy (non-hydrogen) atoms. The van der Waals surface area contributed by atoms with Gasteiger partial charge in [-0.15, -0.1) is 0 Å². The maximum atomic E-state index is 12.2. The summed E-state index contributed by atoms with van der Waals surface area (Å²) in [5.74, 6) is -0.857. The van der Waals surface area contributed by atoms with Gasteiger partial charge in [-0.25, -0.2) is 4.79 Å². The summed E-state index contributed by atoms with van der Waals surface area (Å²) in [6.45, 7) is 4.53. The van der Waals surface area contributed by atoms with E-state index in [1.807, 2.05) is 13.8 Å². The minimum Gasteiger partial charge on any atom is -0.478 e. The lowest BCUT2D eigenvalue weighted by molar-refractivity contribution is 0.0697. The normalized spacial score (nSPS) is 14.7. The monoisotopic (exact) mass is 298 g/mol. The van der Waals surface area contributed by atoms with Gasteiger partial charge in [-0.05, 0) is 30.0 Å². The molecule has 110 valence electrons. The van der Waals surface area contributed by atoms with E-state index in [1.165, 1.54) is 16.4 Å². The van der Waals surface area contributed by atoms with Crippen molar-refractivity contribution in [3.63, 3.8) is 0 Å². The van der Waals surface area contributed by atoms with Crippen LogP contribution >= 0.6 is 0 Å². The molecular formula is C13H18N2O4S. The SMILES string of the molecule is CC(C)CNS(=O)(=O)N1CCc2ccc(C(=O)O)cc21. The van der Waals surface area contributed by atoms with Crippen molar-refractivity contribution in [3.05, 3.63) is 29.3 Å². The zero-order valence-corrected chi connectivity index (χ0v) is 12.3. The Kier molecular flexibility index (Phi) is 4.01. The maximum Gasteiger partial charge on any atom is 0.335 e. The quantitative estimate of drug-likeness (QED) is 0.856. The molecule has 0 saturated carbocycles. The van der Waals surface area contributed by atoms with E-state index in [4.69, 9.17) is 5.11 Å². The Morgan fingerprint density at radius 2 is 2.15 bits per heavy atom. The molecule has 1 aliphatic rings. The average molecular weight is 298 g/mol. The summed E-state index contributed by atoms with van der Waals surface area (Å²) < 4.78 is 28.3. The highest BCUT2D eigenvalue weighted by molar-refractivity contribution is 7.90. The predicted molar refractivity (Wildman–Crippen MR) is 76.2 cm³/mol. The topological polar surface area (TPSA) is 86.7 Å². The van der Waals surface area contributed by atoms with Crippen LogP contribution in [0, 0.1) is 5.92 Å². The maximum absolute atomic E-state index is 12.2. The Balaban J connectivity index is 2.30. The van der Waals surface area contributed by atoms with E-state index in [-0.39, 0.29) is 11.5 Å². The molecule has 6 nitrogen and oxygen atoms in total. The number of aromatic carboxylic acids is 1. The van der Waals surface area contributed by atoms with E-state index in [2.05, 4.69) is 4.72 Å². The highest BCUT2D eigenvalue weighted by Gasteiger charge is 2.29. The Bertz CT molecular complexity index is 625. The van der Waals surface area contributed by atoms with Gasteiger partial charge in [0, 0.05) is 13.1 Å². The summed E-state index contributed by atoms with van der Waals surface area (Å²) in [5.41, 5.74) is 1.40. The summed E-state index contributed by atoms with van der Waals surface area (Å²) in [6.07, 6.45) is 0.595. The van der Waals surface area contributed by atoms with Gasteiger partial charge >= 0.3 is 16.2 Å². The van der Waals surface area contributed by atoms with E-state index >= 15 is 0 Å². The Hall–Kier alpha value is -1.60. The van der Waals surface area contributed by atoms with Gasteiger partial charge in [0.05, 0.1) is 11.3 Å². The van der Waals surface area contributed by atoms with Gasteiger partial charge in [0.25, 0.3) is 0 Å². The van der Waals surface area contributed by atoms with Gasteiger partial charge in [0.1, 0.15) is 0 Å². The lowest BCUT2D eigenvalue weighted by atomic mass is 10.1. The van der Waals surface area contributed by atoms with Crippen LogP contribution in [0.15, 0.2) is 18.2 Å². The Labute approximate surface area is 118 Å². The first-order valence-corrected chi connectivity index (χ1v) is 7.89. The third kappa shape index (κ3) is 2.94. The highest BCUT2D eigenvalue weighted by atomic mass is 32.2. The summed E-state index contributed by atoms with van der Waals surface area (Å²) in [6, 6.07) is 4.59. The lowest BCUT2D eigenvalue weighted by Gasteiger charge is -2.20. The highest BCUT2D eigenvalue weighted by Crippen LogP contribution is 2.30. The molecule has 2 rings (SSSR count). The van der Waals surface area contributed by atoms with Gasteiger partial charge in [-0.2, -0.15) is 13.1 Å². The molecular weight excluding hydrogens is 280 g/mol. The van der Waals surface area contributed by atoms with Gasteiger partial charge in [-0.3, -0.25) is 4.31 Å². The van der Waals surface area contributed by atoms with Crippen LogP contribution in [0.2, 0.25) is 0 Å². The number of carbonyl (C=O) groups is 1. The fraction of sp³-hybridized carbons (Fsp3) is 0.462. The van der Waals surface area contributed by atoms with Crippen LogP contribution in [0.1, 0.15) is 29.8 Å². The van der Waals surface area contributed by atoms with Crippen LogP contribution in [0.3, 0.4) is 0 Å². The molecule has 0 spiro atoms. The van der Waals surface area contributed by atoms with E-state index in [1.54, 1.807) is 6.07 Å². The first-order valence-electron chi connectivity index (χ1n) is 6.45. The summed E-state index contributed by atoms with van der Waals surface area (Å²) in [5, 5.41) is 9.00. The summed E-state index contributed by atoms with van der Waals surface area (Å²) >= 11 is 0. The fourth-order valence-corrected chi connectivity index (χ4v) is 3.54. The number of nitrogens with zero attached hydrogens (tertiary/aromatic N) is 1. The molecule has 0 bridgehead atoms. The van der Waals surface area contributed by atoms with Crippen molar-refractivity contribution in [3.8, 4) is 0 Å². The van der Waals surface area contributed by atoms with Crippen LogP contribution in [0.4, 0.5) is 5.69 Å². The number of nitrogens with one attached hydrogen (secondary N) is 1. The van der Waals surface area contributed by atoms with E-state index in [0.29, 0.717) is 25.2 Å². The first kappa shape index (κ1) is 14.8. The van der Waals surface area contributed by atoms with E-state index in [9.17, 15) is 13.2 Å². The smallest absolute Gasteiger partial charge is 0.335 e. The molecule has 0 saturated heterocycles. The molecule has 0 aliphatic carbocycles. The molecule has 0 atom stereocenters. The fourth-order valence-electron chi connectivity index (χ4n) is 2.08. The molecule has 1 heterocycles. The molecule has 2 N–H and O–H groups in total. The van der Waals surface area contributed by atoms with Crippen molar-refractivity contribution in [2.24, 2.45) is 5.92 Å². The van der Waals surface area contributed by atoms with E-state index < -0.39 is 16.2 Å². The van der Waals surface area contributed by atoms with Crippen LogP contribution < -0.4 is 9.03 Å². The van der Waals surface area contributed by atoms with Crippen molar-refractivity contribution < 1.29 is 18.3 Å². The number of benzene rings is 1. The number of rotatable bonds is 5. The zero-order chi connectivity index (χ0) is 14.9. The molecule has 1 aromatic carbocycles. The number of hydrogen-bond donors (Lipinski definition) is 2. The second-order valence-corrected chi connectivity index (χ2v) is 6.90. The zero-order valence-electron chi connectivity index (χ0n) is 11.5. The molecule has 0 unspecified atom stereocenters. The van der Waals surface area contributed by atoms with Crippen LogP contribution in [0.25, 0.3) is 0 Å². The van der Waals surface area contributed by atoms with E-state index in [0.717, 1.165) is 5.56 Å². The Morgan fingerprint density at radius 3 is 2.75 bits per heavy atom. The van der Waals surface area contributed by atoms with Crippen molar-refractivity contribution >= 4 is 21.9 Å². The van der Waals surface area contributed by atoms with Crippen molar-refractivity contribution in [1.29, 1.82) is 0 Å². The molecule has 0 amide bonds. The summed E-state index contributed by atoms with van der Waals surface area (Å²) in [7, 11) is -3.62. The Morgan fingerprint density at radius 1 is 1.45 bits per heavy atom. The van der Waals surface area contributed by atoms with Crippen molar-refractivity contribution in [2.75, 3.05) is 17.4 Å². The number of carboxylic acid groups (broad SMARTS) is 1. The van der Waals surface area contributed by atoms with Crippen LogP contribution in [-0.4, -0.2) is 32.6 Å². The number of hydrogen-bond acceptors (Lipinski definition) is 3. The molecule has 7 heteroatoms. The molecule has 0 radical (unpaired) electrons. The standard InChI is InChI=1S/C13H18N2O4S/c1-9(2)8-14-20(18,19)15-6-5-10-3-4-11(13(16)17)7-12(10)15/h3-4,7,9,14H,5-6,8H2,1-2H3,(H,16,17). The molecule has 0 fully saturated rings. The first-order chi connectivity index (χ1) is 9.31. The van der Waals surface area contributed by atoms with Gasteiger partial charge in [0.15, 0.2) is 0 Å². The number of anilines is 1.